The fourth-order valence-electron chi connectivity index (χ4n) is 2.65. The summed E-state index contributed by atoms with van der Waals surface area (Å²) in [5.41, 5.74) is 0.781. The van der Waals surface area contributed by atoms with Gasteiger partial charge in [-0.3, -0.25) is 4.79 Å². The largest absolute Gasteiger partial charge is 0.380 e. The standard InChI is InChI=1S/C14H22BrN3OS/c1-3-7-18-14(19)13(15)12(9-16-18)17-10-5-4-6-11(8-10)20-2/h9-11,17H,3-8H2,1-2H3. The van der Waals surface area contributed by atoms with E-state index in [1.807, 2.05) is 18.7 Å². The van der Waals surface area contributed by atoms with Gasteiger partial charge in [0, 0.05) is 17.8 Å². The Hall–Kier alpha value is -0.490. The van der Waals surface area contributed by atoms with Crippen LogP contribution in [0.3, 0.4) is 0 Å². The Morgan fingerprint density at radius 2 is 2.35 bits per heavy atom. The summed E-state index contributed by atoms with van der Waals surface area (Å²) in [6, 6.07) is 0.445. The summed E-state index contributed by atoms with van der Waals surface area (Å²) in [7, 11) is 0. The van der Waals surface area contributed by atoms with Crippen molar-refractivity contribution in [1.29, 1.82) is 0 Å². The van der Waals surface area contributed by atoms with E-state index in [0.717, 1.165) is 23.8 Å². The van der Waals surface area contributed by atoms with Gasteiger partial charge >= 0.3 is 0 Å². The smallest absolute Gasteiger partial charge is 0.283 e. The summed E-state index contributed by atoms with van der Waals surface area (Å²) in [6.45, 7) is 2.70. The maximum atomic E-state index is 12.2. The van der Waals surface area contributed by atoms with Crippen molar-refractivity contribution < 1.29 is 0 Å². The SMILES string of the molecule is CCCn1ncc(NC2CCCC(SC)C2)c(Br)c1=O. The second-order valence-corrected chi connectivity index (χ2v) is 7.20. The van der Waals surface area contributed by atoms with E-state index in [2.05, 4.69) is 32.6 Å². The molecule has 0 bridgehead atoms. The van der Waals surface area contributed by atoms with E-state index < -0.39 is 0 Å². The molecule has 6 heteroatoms. The molecule has 1 N–H and O–H groups in total. The van der Waals surface area contributed by atoms with Crippen molar-refractivity contribution in [3.63, 3.8) is 0 Å². The van der Waals surface area contributed by atoms with E-state index in [-0.39, 0.29) is 5.56 Å². The van der Waals surface area contributed by atoms with Gasteiger partial charge in [-0.25, -0.2) is 4.68 Å². The third kappa shape index (κ3) is 3.79. The predicted octanol–water partition coefficient (Wildman–Crippen LogP) is 3.50. The van der Waals surface area contributed by atoms with E-state index in [0.29, 0.717) is 17.1 Å². The van der Waals surface area contributed by atoms with Crippen LogP contribution in [0.5, 0.6) is 0 Å². The van der Waals surface area contributed by atoms with Crippen molar-refractivity contribution in [3.05, 3.63) is 21.0 Å². The zero-order valence-corrected chi connectivity index (χ0v) is 14.5. The van der Waals surface area contributed by atoms with Gasteiger partial charge in [-0.15, -0.1) is 0 Å². The molecule has 1 saturated carbocycles. The van der Waals surface area contributed by atoms with Crippen molar-refractivity contribution in [2.45, 2.75) is 56.9 Å². The summed E-state index contributed by atoms with van der Waals surface area (Å²) < 4.78 is 2.12. The topological polar surface area (TPSA) is 46.9 Å². The first kappa shape index (κ1) is 15.9. The Bertz CT molecular complexity index is 506. The Morgan fingerprint density at radius 1 is 1.55 bits per heavy atom. The molecule has 112 valence electrons. The van der Waals surface area contributed by atoms with Crippen LogP contribution in [0.1, 0.15) is 39.0 Å². The molecule has 0 aliphatic heterocycles. The van der Waals surface area contributed by atoms with Crippen molar-refractivity contribution in [3.8, 4) is 0 Å². The number of hydrogen-bond acceptors (Lipinski definition) is 4. The molecule has 4 nitrogen and oxygen atoms in total. The van der Waals surface area contributed by atoms with Crippen molar-refractivity contribution in [2.24, 2.45) is 0 Å². The molecule has 0 radical (unpaired) electrons. The van der Waals surface area contributed by atoms with Crippen LogP contribution < -0.4 is 10.9 Å². The first-order valence-electron chi connectivity index (χ1n) is 7.20. The third-order valence-corrected chi connectivity index (χ3v) is 5.60. The highest BCUT2D eigenvalue weighted by molar-refractivity contribution is 9.10. The molecular weight excluding hydrogens is 338 g/mol. The molecule has 2 atom stereocenters. The molecular formula is C14H22BrN3OS. The van der Waals surface area contributed by atoms with Crippen LogP contribution in [0.15, 0.2) is 15.5 Å². The molecule has 0 amide bonds. The summed E-state index contributed by atoms with van der Waals surface area (Å²) in [4.78, 5) is 12.2. The molecule has 1 fully saturated rings. The minimum Gasteiger partial charge on any atom is -0.380 e. The van der Waals surface area contributed by atoms with Gasteiger partial charge in [0.15, 0.2) is 0 Å². The number of rotatable bonds is 5. The molecule has 2 rings (SSSR count). The molecule has 20 heavy (non-hydrogen) atoms. The number of thioether (sulfide) groups is 1. The zero-order valence-electron chi connectivity index (χ0n) is 12.1. The van der Waals surface area contributed by atoms with E-state index in [1.165, 1.54) is 23.9 Å². The van der Waals surface area contributed by atoms with Gasteiger partial charge in [0.25, 0.3) is 5.56 Å². The molecule has 2 unspecified atom stereocenters. The quantitative estimate of drug-likeness (QED) is 0.873. The second kappa shape index (κ2) is 7.50. The average Bonchev–Trinajstić information content (AvgIpc) is 2.47. The lowest BCUT2D eigenvalue weighted by molar-refractivity contribution is 0.472. The number of aromatic nitrogens is 2. The van der Waals surface area contributed by atoms with Crippen LogP contribution in [0.4, 0.5) is 5.69 Å². The van der Waals surface area contributed by atoms with Gasteiger partial charge in [-0.1, -0.05) is 13.3 Å². The van der Waals surface area contributed by atoms with E-state index in [1.54, 1.807) is 6.20 Å². The van der Waals surface area contributed by atoms with E-state index >= 15 is 0 Å². The Labute approximate surface area is 132 Å². The predicted molar refractivity (Wildman–Crippen MR) is 89.7 cm³/mol. The summed E-state index contributed by atoms with van der Waals surface area (Å²) in [6.07, 6.45) is 9.73. The summed E-state index contributed by atoms with van der Waals surface area (Å²) in [5, 5.41) is 8.46. The number of aryl methyl sites for hydroxylation is 1. The number of nitrogens with zero attached hydrogens (tertiary/aromatic N) is 2. The van der Waals surface area contributed by atoms with Crippen LogP contribution in [-0.4, -0.2) is 27.3 Å². The van der Waals surface area contributed by atoms with Gasteiger partial charge in [0.1, 0.15) is 4.47 Å². The Kier molecular flexibility index (Phi) is 5.96. The molecule has 1 aromatic rings. The molecule has 1 aromatic heterocycles. The van der Waals surface area contributed by atoms with Crippen molar-refractivity contribution in [1.82, 2.24) is 9.78 Å². The third-order valence-electron chi connectivity index (χ3n) is 3.74. The van der Waals surface area contributed by atoms with Crippen LogP contribution in [-0.2, 0) is 6.54 Å². The Morgan fingerprint density at radius 3 is 3.05 bits per heavy atom. The fourth-order valence-corrected chi connectivity index (χ4v) is 3.90. The summed E-state index contributed by atoms with van der Waals surface area (Å²) >= 11 is 5.36. The molecule has 1 aliphatic rings. The van der Waals surface area contributed by atoms with Gasteiger partial charge in [-0.05, 0) is 47.9 Å². The lowest BCUT2D eigenvalue weighted by Crippen LogP contribution is -2.31. The number of halogens is 1. The Balaban J connectivity index is 2.10. The van der Waals surface area contributed by atoms with Gasteiger partial charge in [0.2, 0.25) is 0 Å². The van der Waals surface area contributed by atoms with Gasteiger partial charge in [0.05, 0.1) is 11.9 Å². The maximum Gasteiger partial charge on any atom is 0.283 e. The lowest BCUT2D eigenvalue weighted by Gasteiger charge is -2.29. The minimum atomic E-state index is -0.0472. The van der Waals surface area contributed by atoms with Crippen molar-refractivity contribution >= 4 is 33.4 Å². The van der Waals surface area contributed by atoms with Crippen LogP contribution in [0.25, 0.3) is 0 Å². The lowest BCUT2D eigenvalue weighted by atomic mass is 9.95. The summed E-state index contributed by atoms with van der Waals surface area (Å²) in [5.74, 6) is 0. The average molecular weight is 360 g/mol. The van der Waals surface area contributed by atoms with Crippen molar-refractivity contribution in [2.75, 3.05) is 11.6 Å². The molecule has 0 spiro atoms. The molecule has 0 aromatic carbocycles. The first-order chi connectivity index (χ1) is 9.65. The second-order valence-electron chi connectivity index (χ2n) is 5.27. The molecule has 0 saturated heterocycles. The molecule has 1 aliphatic carbocycles. The highest BCUT2D eigenvalue weighted by atomic mass is 79.9. The fraction of sp³-hybridized carbons (Fsp3) is 0.714. The van der Waals surface area contributed by atoms with Gasteiger partial charge in [-0.2, -0.15) is 16.9 Å². The van der Waals surface area contributed by atoms with Crippen LogP contribution in [0, 0.1) is 0 Å². The monoisotopic (exact) mass is 359 g/mol. The minimum absolute atomic E-state index is 0.0472. The first-order valence-corrected chi connectivity index (χ1v) is 9.28. The maximum absolute atomic E-state index is 12.2. The zero-order chi connectivity index (χ0) is 14.5. The number of nitrogens with one attached hydrogen (secondary N) is 1. The van der Waals surface area contributed by atoms with Crippen LogP contribution in [0.2, 0.25) is 0 Å². The van der Waals surface area contributed by atoms with Crippen LogP contribution >= 0.6 is 27.7 Å². The highest BCUT2D eigenvalue weighted by Crippen LogP contribution is 2.29. The van der Waals surface area contributed by atoms with E-state index in [4.69, 9.17) is 0 Å². The van der Waals surface area contributed by atoms with E-state index in [9.17, 15) is 4.79 Å². The number of hydrogen-bond donors (Lipinski definition) is 1. The normalized spacial score (nSPS) is 22.8. The van der Waals surface area contributed by atoms with Gasteiger partial charge < -0.3 is 5.32 Å². The number of anilines is 1. The highest BCUT2D eigenvalue weighted by Gasteiger charge is 2.22. The molecule has 1 heterocycles.